The normalized spacial score (nSPS) is 16.0. The predicted molar refractivity (Wildman–Crippen MR) is 197 cm³/mol. The van der Waals surface area contributed by atoms with E-state index in [1.807, 2.05) is 71.0 Å². The number of alkyl carbamates (subject to hydrolysis) is 1. The van der Waals surface area contributed by atoms with Gasteiger partial charge in [0.1, 0.15) is 17.4 Å². The minimum Gasteiger partial charge on any atom is -0.494 e. The molecule has 0 spiro atoms. The molecule has 2 aliphatic rings. The molecule has 3 N–H and O–H groups in total. The number of hydrogen-bond acceptors (Lipinski definition) is 9. The third kappa shape index (κ3) is 14.4. The second-order valence-electron chi connectivity index (χ2n) is 13.5. The Morgan fingerprint density at radius 2 is 1.71 bits per heavy atom. The number of carbonyl (C=O) groups is 4. The van der Waals surface area contributed by atoms with E-state index in [4.69, 9.17) is 18.9 Å². The molecule has 280 valence electrons. The first-order valence-electron chi connectivity index (χ1n) is 17.9. The molecule has 51 heavy (non-hydrogen) atoms. The second kappa shape index (κ2) is 21.1. The zero-order chi connectivity index (χ0) is 37.2. The summed E-state index contributed by atoms with van der Waals surface area (Å²) in [4.78, 5) is 50.2. The molecule has 2 aromatic rings. The highest BCUT2D eigenvalue weighted by atomic mass is 16.6. The van der Waals surface area contributed by atoms with E-state index in [9.17, 15) is 19.2 Å². The summed E-state index contributed by atoms with van der Waals surface area (Å²) in [5.41, 5.74) is 2.76. The number of benzene rings is 2. The molecule has 2 atom stereocenters. The lowest BCUT2D eigenvalue weighted by Gasteiger charge is -2.29. The Labute approximate surface area is 302 Å². The van der Waals surface area contributed by atoms with Gasteiger partial charge in [-0.15, -0.1) is 6.58 Å². The van der Waals surface area contributed by atoms with Gasteiger partial charge in [0.05, 0.1) is 19.3 Å². The zero-order valence-electron chi connectivity index (χ0n) is 30.9. The topological polar surface area (TPSA) is 145 Å². The predicted octanol–water partition coefficient (Wildman–Crippen LogP) is 6.31. The van der Waals surface area contributed by atoms with Crippen LogP contribution in [-0.4, -0.2) is 79.9 Å². The lowest BCUT2D eigenvalue weighted by molar-refractivity contribution is -0.136. The first-order chi connectivity index (χ1) is 24.4. The molecule has 0 aliphatic carbocycles. The van der Waals surface area contributed by atoms with Crippen molar-refractivity contribution in [3.63, 3.8) is 0 Å². The van der Waals surface area contributed by atoms with E-state index in [2.05, 4.69) is 22.5 Å². The van der Waals surface area contributed by atoms with Crippen molar-refractivity contribution in [1.82, 2.24) is 15.5 Å². The SMILES string of the molecule is C=CC.C[C@@H](NC(=O)OC(C)(C)C)c1cccc(OCCCCCOCCCOCCNc2ccc3c(c2)CN(C2CCC(=O)NC2=O)C3=O)c1. The highest BCUT2D eigenvalue weighted by Crippen LogP contribution is 2.29. The van der Waals surface area contributed by atoms with Crippen molar-refractivity contribution in [3.05, 3.63) is 71.8 Å². The Bertz CT molecular complexity index is 1460. The van der Waals surface area contributed by atoms with Gasteiger partial charge in [0.15, 0.2) is 0 Å². The van der Waals surface area contributed by atoms with Gasteiger partial charge in [0, 0.05) is 50.6 Å². The monoisotopic (exact) mass is 708 g/mol. The summed E-state index contributed by atoms with van der Waals surface area (Å²) in [6, 6.07) is 12.5. The summed E-state index contributed by atoms with van der Waals surface area (Å²) in [6.45, 7) is 16.8. The van der Waals surface area contributed by atoms with Crippen LogP contribution in [0, 0.1) is 0 Å². The fraction of sp³-hybridized carbons (Fsp3) is 0.538. The largest absolute Gasteiger partial charge is 0.494 e. The molecule has 0 saturated carbocycles. The van der Waals surface area contributed by atoms with Crippen LogP contribution in [0.4, 0.5) is 10.5 Å². The van der Waals surface area contributed by atoms with Crippen LogP contribution in [0.25, 0.3) is 0 Å². The molecule has 1 saturated heterocycles. The Morgan fingerprint density at radius 1 is 1.00 bits per heavy atom. The Hall–Kier alpha value is -4.42. The summed E-state index contributed by atoms with van der Waals surface area (Å²) in [5.74, 6) is -0.0973. The molecule has 12 nitrogen and oxygen atoms in total. The number of carbonyl (C=O) groups excluding carboxylic acids is 4. The van der Waals surface area contributed by atoms with Crippen molar-refractivity contribution >= 4 is 29.5 Å². The molecule has 2 heterocycles. The van der Waals surface area contributed by atoms with E-state index in [0.717, 1.165) is 48.2 Å². The summed E-state index contributed by atoms with van der Waals surface area (Å²) in [5, 5.41) is 8.51. The molecule has 0 bridgehead atoms. The van der Waals surface area contributed by atoms with Crippen LogP contribution < -0.4 is 20.7 Å². The van der Waals surface area contributed by atoms with Gasteiger partial charge in [0.2, 0.25) is 11.8 Å². The van der Waals surface area contributed by atoms with E-state index < -0.39 is 23.6 Å². The number of imide groups is 1. The summed E-state index contributed by atoms with van der Waals surface area (Å²) >= 11 is 0. The molecule has 2 aliphatic heterocycles. The lowest BCUT2D eigenvalue weighted by Crippen LogP contribution is -2.52. The van der Waals surface area contributed by atoms with Gasteiger partial charge in [-0.2, -0.15) is 0 Å². The summed E-state index contributed by atoms with van der Waals surface area (Å²) < 4.78 is 22.7. The lowest BCUT2D eigenvalue weighted by atomic mass is 10.0. The summed E-state index contributed by atoms with van der Waals surface area (Å²) in [6.07, 6.45) is 5.60. The van der Waals surface area contributed by atoms with Crippen molar-refractivity contribution in [2.75, 3.05) is 44.9 Å². The molecule has 0 radical (unpaired) electrons. The number of nitrogens with zero attached hydrogens (tertiary/aromatic N) is 1. The van der Waals surface area contributed by atoms with E-state index in [0.29, 0.717) is 58.1 Å². The van der Waals surface area contributed by atoms with Crippen LogP contribution >= 0.6 is 0 Å². The van der Waals surface area contributed by atoms with Crippen LogP contribution in [-0.2, 0) is 30.3 Å². The van der Waals surface area contributed by atoms with Gasteiger partial charge >= 0.3 is 6.09 Å². The number of rotatable bonds is 18. The molecule has 12 heteroatoms. The first-order valence-corrected chi connectivity index (χ1v) is 17.9. The molecule has 1 unspecified atom stereocenters. The molecule has 2 aromatic carbocycles. The molecular formula is C39H56N4O8. The van der Waals surface area contributed by atoms with Gasteiger partial charge in [-0.05, 0) is 108 Å². The van der Waals surface area contributed by atoms with Gasteiger partial charge in [-0.25, -0.2) is 4.79 Å². The molecule has 4 rings (SSSR count). The molecule has 4 amide bonds. The van der Waals surface area contributed by atoms with E-state index in [1.54, 1.807) is 17.0 Å². The number of amides is 4. The third-order valence-electron chi connectivity index (χ3n) is 7.97. The van der Waals surface area contributed by atoms with Crippen LogP contribution in [0.3, 0.4) is 0 Å². The fourth-order valence-electron chi connectivity index (χ4n) is 5.53. The highest BCUT2D eigenvalue weighted by Gasteiger charge is 2.39. The van der Waals surface area contributed by atoms with Crippen molar-refractivity contribution in [2.45, 2.75) is 97.4 Å². The molecule has 1 fully saturated rings. The van der Waals surface area contributed by atoms with Crippen molar-refractivity contribution in [1.29, 1.82) is 0 Å². The van der Waals surface area contributed by atoms with Crippen molar-refractivity contribution in [2.24, 2.45) is 0 Å². The van der Waals surface area contributed by atoms with Gasteiger partial charge in [-0.1, -0.05) is 18.2 Å². The Balaban J connectivity index is 0.00000226. The van der Waals surface area contributed by atoms with Crippen LogP contribution in [0.15, 0.2) is 55.1 Å². The number of fused-ring (bicyclic) bond motifs is 1. The highest BCUT2D eigenvalue weighted by molar-refractivity contribution is 6.05. The average Bonchev–Trinajstić information content (AvgIpc) is 3.39. The van der Waals surface area contributed by atoms with Crippen LogP contribution in [0.1, 0.15) is 101 Å². The number of ether oxygens (including phenoxy) is 4. The minimum absolute atomic E-state index is 0.175. The van der Waals surface area contributed by atoms with Crippen molar-refractivity contribution < 1.29 is 38.1 Å². The second-order valence-corrected chi connectivity index (χ2v) is 13.5. The fourth-order valence-corrected chi connectivity index (χ4v) is 5.53. The zero-order valence-corrected chi connectivity index (χ0v) is 30.9. The Kier molecular flexibility index (Phi) is 16.9. The number of piperidine rings is 1. The maximum atomic E-state index is 12.8. The number of anilines is 1. The Morgan fingerprint density at radius 3 is 2.43 bits per heavy atom. The van der Waals surface area contributed by atoms with Crippen LogP contribution in [0.5, 0.6) is 5.75 Å². The maximum Gasteiger partial charge on any atom is 0.408 e. The van der Waals surface area contributed by atoms with E-state index in [1.165, 1.54) is 0 Å². The van der Waals surface area contributed by atoms with Gasteiger partial charge in [-0.3, -0.25) is 19.7 Å². The third-order valence-corrected chi connectivity index (χ3v) is 7.97. The van der Waals surface area contributed by atoms with E-state index in [-0.39, 0.29) is 24.3 Å². The van der Waals surface area contributed by atoms with Crippen molar-refractivity contribution in [3.8, 4) is 5.75 Å². The maximum absolute atomic E-state index is 12.8. The van der Waals surface area contributed by atoms with Gasteiger partial charge in [0.25, 0.3) is 5.91 Å². The molecular weight excluding hydrogens is 652 g/mol. The first kappa shape index (κ1) is 41.0. The van der Waals surface area contributed by atoms with Crippen LogP contribution in [0.2, 0.25) is 0 Å². The standard InChI is InChI=1S/C36H50N4O8.C3H6/c1-25(38-35(44)48-36(2,3)4)26-10-8-11-29(23-26)47-20-7-5-6-17-45-18-9-19-46-21-16-37-28-12-13-30-27(22-28)24-40(34(30)43)31-14-15-32(41)39-33(31)42;1-3-2/h8,10-13,22-23,25,31,37H,5-7,9,14-21,24H2,1-4H3,(H,38,44)(H,39,41,42);3H,1H2,2H3/t25-,31?;/m1./s1. The molecule has 0 aromatic heterocycles. The number of nitrogens with one attached hydrogen (secondary N) is 3. The quantitative estimate of drug-likeness (QED) is 0.0922. The average molecular weight is 709 g/mol. The number of unbranched alkanes of at least 4 members (excludes halogenated alkanes) is 2. The summed E-state index contributed by atoms with van der Waals surface area (Å²) in [7, 11) is 0. The van der Waals surface area contributed by atoms with Gasteiger partial charge < -0.3 is 34.5 Å². The smallest absolute Gasteiger partial charge is 0.408 e. The minimum atomic E-state index is -0.612. The van der Waals surface area contributed by atoms with E-state index >= 15 is 0 Å². The number of hydrogen-bond donors (Lipinski definition) is 3. The number of allylic oxidation sites excluding steroid dienone is 1.